The minimum Gasteiger partial charge on any atom is -0.379 e. The average Bonchev–Trinajstić information content (AvgIpc) is 3.46. The van der Waals surface area contributed by atoms with Crippen LogP contribution in [-0.2, 0) is 37.1 Å². The molecule has 4 heterocycles. The minimum absolute atomic E-state index is 0.108. The van der Waals surface area contributed by atoms with Gasteiger partial charge in [-0.1, -0.05) is 30.3 Å². The summed E-state index contributed by atoms with van der Waals surface area (Å²) >= 11 is 1.77. The number of thiophene rings is 1. The van der Waals surface area contributed by atoms with Crippen LogP contribution in [0.1, 0.15) is 45.6 Å². The van der Waals surface area contributed by atoms with Crippen molar-refractivity contribution in [2.24, 2.45) is 0 Å². The van der Waals surface area contributed by atoms with Gasteiger partial charge in [-0.15, -0.1) is 11.3 Å². The van der Waals surface area contributed by atoms with Gasteiger partial charge in [0.05, 0.1) is 12.7 Å². The summed E-state index contributed by atoms with van der Waals surface area (Å²) in [5.74, 6) is 0.580. The molecular weight excluding hydrogens is 434 g/mol. The van der Waals surface area contributed by atoms with Crippen LogP contribution in [-0.4, -0.2) is 28.5 Å². The number of anilines is 1. The van der Waals surface area contributed by atoms with E-state index in [9.17, 15) is 9.59 Å². The smallest absolute Gasteiger partial charge is 0.277 e. The SMILES string of the molecule is O=C(NCc1cc2c(s1)CCNC2)[C@@H]1CCc2ncc(NCCCc3ccccc3)c(=O)n21. The summed E-state index contributed by atoms with van der Waals surface area (Å²) in [6.07, 6.45) is 5.76. The van der Waals surface area contributed by atoms with Gasteiger partial charge in [0.25, 0.3) is 5.56 Å². The van der Waals surface area contributed by atoms with Crippen molar-refractivity contribution in [1.82, 2.24) is 20.2 Å². The summed E-state index contributed by atoms with van der Waals surface area (Å²) in [5.41, 5.74) is 2.92. The molecule has 5 rings (SSSR count). The van der Waals surface area contributed by atoms with E-state index in [1.165, 1.54) is 16.0 Å². The molecule has 2 aliphatic heterocycles. The zero-order valence-corrected chi connectivity index (χ0v) is 19.4. The van der Waals surface area contributed by atoms with Gasteiger partial charge in [0.2, 0.25) is 5.91 Å². The van der Waals surface area contributed by atoms with Crippen LogP contribution in [0.25, 0.3) is 0 Å². The lowest BCUT2D eigenvalue weighted by atomic mass is 10.1. The van der Waals surface area contributed by atoms with E-state index in [-0.39, 0.29) is 11.5 Å². The van der Waals surface area contributed by atoms with Crippen molar-refractivity contribution in [3.05, 3.63) is 79.7 Å². The fraction of sp³-hybridized carbons (Fsp3) is 0.400. The Bertz CT molecular complexity index is 1160. The molecule has 3 aromatic rings. The number of hydrogen-bond acceptors (Lipinski definition) is 6. The number of fused-ring (bicyclic) bond motifs is 2. The third kappa shape index (κ3) is 4.86. The molecule has 172 valence electrons. The molecule has 33 heavy (non-hydrogen) atoms. The number of carbonyl (C=O) groups is 1. The molecule has 1 amide bonds. The number of nitrogens with one attached hydrogen (secondary N) is 3. The Balaban J connectivity index is 1.20. The Morgan fingerprint density at radius 3 is 2.97 bits per heavy atom. The maximum absolute atomic E-state index is 13.1. The van der Waals surface area contributed by atoms with Crippen LogP contribution in [0, 0.1) is 0 Å². The topological polar surface area (TPSA) is 88.1 Å². The van der Waals surface area contributed by atoms with Gasteiger partial charge in [-0.25, -0.2) is 4.98 Å². The molecule has 2 aliphatic rings. The van der Waals surface area contributed by atoms with E-state index in [4.69, 9.17) is 0 Å². The highest BCUT2D eigenvalue weighted by Crippen LogP contribution is 2.26. The van der Waals surface area contributed by atoms with Gasteiger partial charge in [-0.3, -0.25) is 14.2 Å². The van der Waals surface area contributed by atoms with E-state index in [1.54, 1.807) is 22.1 Å². The van der Waals surface area contributed by atoms with Gasteiger partial charge in [0.15, 0.2) is 0 Å². The van der Waals surface area contributed by atoms with Gasteiger partial charge >= 0.3 is 0 Å². The zero-order chi connectivity index (χ0) is 22.6. The maximum Gasteiger partial charge on any atom is 0.277 e. The Labute approximate surface area is 197 Å². The van der Waals surface area contributed by atoms with Crippen molar-refractivity contribution in [1.29, 1.82) is 0 Å². The van der Waals surface area contributed by atoms with Crippen molar-refractivity contribution in [3.63, 3.8) is 0 Å². The molecule has 1 atom stereocenters. The van der Waals surface area contributed by atoms with Gasteiger partial charge in [0.1, 0.15) is 17.6 Å². The summed E-state index contributed by atoms with van der Waals surface area (Å²) in [4.78, 5) is 33.1. The first-order valence-corrected chi connectivity index (χ1v) is 12.5. The molecule has 3 N–H and O–H groups in total. The van der Waals surface area contributed by atoms with Gasteiger partial charge in [-0.2, -0.15) is 0 Å². The van der Waals surface area contributed by atoms with E-state index in [0.29, 0.717) is 37.4 Å². The number of aryl methyl sites for hydroxylation is 2. The fourth-order valence-corrected chi connectivity index (χ4v) is 5.76. The molecule has 0 saturated carbocycles. The number of rotatable bonds is 8. The summed E-state index contributed by atoms with van der Waals surface area (Å²) in [6, 6.07) is 12.0. The van der Waals surface area contributed by atoms with Crippen LogP contribution in [0.3, 0.4) is 0 Å². The summed E-state index contributed by atoms with van der Waals surface area (Å²) in [7, 11) is 0. The molecule has 0 spiro atoms. The molecule has 0 radical (unpaired) electrons. The Morgan fingerprint density at radius 2 is 2.12 bits per heavy atom. The van der Waals surface area contributed by atoms with E-state index < -0.39 is 6.04 Å². The number of nitrogens with zero attached hydrogens (tertiary/aromatic N) is 2. The van der Waals surface area contributed by atoms with E-state index in [1.807, 2.05) is 18.2 Å². The van der Waals surface area contributed by atoms with Crippen LogP contribution in [0.4, 0.5) is 5.69 Å². The maximum atomic E-state index is 13.1. The number of aromatic nitrogens is 2. The molecule has 1 aromatic carbocycles. The van der Waals surface area contributed by atoms with Crippen LogP contribution >= 0.6 is 11.3 Å². The molecule has 0 fully saturated rings. The summed E-state index contributed by atoms with van der Waals surface area (Å²) in [5, 5.41) is 9.66. The Hall–Kier alpha value is -2.97. The first-order valence-electron chi connectivity index (χ1n) is 11.7. The molecule has 0 saturated heterocycles. The van der Waals surface area contributed by atoms with Crippen molar-refractivity contribution in [2.45, 2.75) is 51.2 Å². The predicted octanol–water partition coefficient (Wildman–Crippen LogP) is 2.80. The second kappa shape index (κ2) is 9.89. The molecule has 0 aliphatic carbocycles. The van der Waals surface area contributed by atoms with Crippen molar-refractivity contribution in [2.75, 3.05) is 18.4 Å². The Kier molecular flexibility index (Phi) is 6.55. The summed E-state index contributed by atoms with van der Waals surface area (Å²) < 4.78 is 1.58. The van der Waals surface area contributed by atoms with Crippen LogP contribution < -0.4 is 21.5 Å². The molecule has 7 nitrogen and oxygen atoms in total. The second-order valence-electron chi connectivity index (χ2n) is 8.64. The fourth-order valence-electron chi connectivity index (χ4n) is 4.63. The monoisotopic (exact) mass is 463 g/mol. The third-order valence-electron chi connectivity index (χ3n) is 6.35. The largest absolute Gasteiger partial charge is 0.379 e. The lowest BCUT2D eigenvalue weighted by Crippen LogP contribution is -2.36. The quantitative estimate of drug-likeness (QED) is 0.447. The predicted molar refractivity (Wildman–Crippen MR) is 131 cm³/mol. The van der Waals surface area contributed by atoms with Crippen LogP contribution in [0.5, 0.6) is 0 Å². The molecule has 0 unspecified atom stereocenters. The first kappa shape index (κ1) is 21.9. The van der Waals surface area contributed by atoms with E-state index in [0.717, 1.165) is 37.2 Å². The van der Waals surface area contributed by atoms with E-state index in [2.05, 4.69) is 39.1 Å². The first-order chi connectivity index (χ1) is 16.2. The van der Waals surface area contributed by atoms with Gasteiger partial charge < -0.3 is 16.0 Å². The van der Waals surface area contributed by atoms with Crippen LogP contribution in [0.2, 0.25) is 0 Å². The lowest BCUT2D eigenvalue weighted by molar-refractivity contribution is -0.124. The number of benzene rings is 1. The highest BCUT2D eigenvalue weighted by molar-refractivity contribution is 7.12. The van der Waals surface area contributed by atoms with Gasteiger partial charge in [-0.05, 0) is 42.9 Å². The molecule has 0 bridgehead atoms. The third-order valence-corrected chi connectivity index (χ3v) is 7.59. The number of carbonyl (C=O) groups excluding carboxylic acids is 1. The van der Waals surface area contributed by atoms with Crippen molar-refractivity contribution in [3.8, 4) is 0 Å². The van der Waals surface area contributed by atoms with Crippen molar-refractivity contribution < 1.29 is 4.79 Å². The van der Waals surface area contributed by atoms with Crippen molar-refractivity contribution >= 4 is 22.9 Å². The molecule has 8 heteroatoms. The molecule has 2 aromatic heterocycles. The number of amides is 1. The normalized spacial score (nSPS) is 16.8. The number of hydrogen-bond donors (Lipinski definition) is 3. The standard InChI is InChI=1S/C25H29N5O2S/c31-24(29-15-19-13-18-14-26-12-10-22(18)33-19)21-8-9-23-28-16-20(25(32)30(21)23)27-11-4-7-17-5-2-1-3-6-17/h1-3,5-6,13,16,21,26-27H,4,7-12,14-15H2,(H,29,31)/t21-/m0/s1. The van der Waals surface area contributed by atoms with E-state index >= 15 is 0 Å². The zero-order valence-electron chi connectivity index (χ0n) is 18.6. The minimum atomic E-state index is -0.498. The molecular formula is C25H29N5O2S. The van der Waals surface area contributed by atoms with Gasteiger partial charge in [0, 0.05) is 35.8 Å². The second-order valence-corrected chi connectivity index (χ2v) is 9.86. The van der Waals surface area contributed by atoms with Crippen LogP contribution in [0.15, 0.2) is 47.4 Å². The highest BCUT2D eigenvalue weighted by Gasteiger charge is 2.31. The average molecular weight is 464 g/mol. The lowest BCUT2D eigenvalue weighted by Gasteiger charge is -2.15. The Morgan fingerprint density at radius 1 is 1.24 bits per heavy atom. The summed E-state index contributed by atoms with van der Waals surface area (Å²) in [6.45, 7) is 3.09. The highest BCUT2D eigenvalue weighted by atomic mass is 32.1.